The van der Waals surface area contributed by atoms with Crippen molar-refractivity contribution >= 4 is 17.4 Å². The Bertz CT molecular complexity index is 984. The Hall–Kier alpha value is -2.79. The molecule has 4 nitrogen and oxygen atoms in total. The second kappa shape index (κ2) is 6.99. The van der Waals surface area contributed by atoms with E-state index in [9.17, 15) is 0 Å². The second-order valence-corrected chi connectivity index (χ2v) is 6.68. The first-order chi connectivity index (χ1) is 12.3. The zero-order valence-electron chi connectivity index (χ0n) is 13.8. The van der Waals surface area contributed by atoms with E-state index in [1.165, 1.54) is 5.56 Å². The van der Waals surface area contributed by atoms with Crippen LogP contribution in [0.5, 0.6) is 5.88 Å². The minimum atomic E-state index is 0.689. The van der Waals surface area contributed by atoms with Crippen molar-refractivity contribution in [2.75, 3.05) is 7.11 Å². The summed E-state index contributed by atoms with van der Waals surface area (Å²) in [5.74, 6) is 0.689. The quantitative estimate of drug-likeness (QED) is 0.534. The molecule has 0 atom stereocenters. The fourth-order valence-corrected chi connectivity index (χ4v) is 3.51. The van der Waals surface area contributed by atoms with Crippen molar-refractivity contribution in [3.63, 3.8) is 0 Å². The van der Waals surface area contributed by atoms with Crippen LogP contribution in [0, 0.1) is 0 Å². The van der Waals surface area contributed by atoms with Gasteiger partial charge in [-0.25, -0.2) is 4.98 Å². The Morgan fingerprint density at radius 3 is 2.36 bits per heavy atom. The maximum atomic E-state index is 5.60. The van der Waals surface area contributed by atoms with Gasteiger partial charge in [0.15, 0.2) is 5.65 Å². The zero-order valence-corrected chi connectivity index (χ0v) is 14.6. The molecule has 0 aliphatic carbocycles. The lowest BCUT2D eigenvalue weighted by Gasteiger charge is -2.04. The third-order valence-corrected chi connectivity index (χ3v) is 4.79. The maximum absolute atomic E-state index is 5.60. The maximum Gasteiger partial charge on any atom is 0.238 e. The molecule has 4 rings (SSSR count). The molecule has 2 aromatic heterocycles. The third-order valence-electron chi connectivity index (χ3n) is 3.85. The van der Waals surface area contributed by atoms with Crippen LogP contribution in [0.1, 0.15) is 11.3 Å². The summed E-state index contributed by atoms with van der Waals surface area (Å²) >= 11 is 1.62. The Kier molecular flexibility index (Phi) is 4.39. The summed E-state index contributed by atoms with van der Waals surface area (Å²) in [6.07, 6.45) is 0.717. The number of ether oxygens (including phenoxy) is 1. The van der Waals surface area contributed by atoms with Gasteiger partial charge in [0.25, 0.3) is 0 Å². The number of fused-ring (bicyclic) bond motifs is 1. The number of methoxy groups -OCH3 is 1. The molecule has 0 aliphatic heterocycles. The summed E-state index contributed by atoms with van der Waals surface area (Å²) in [4.78, 5) is 5.84. The number of aromatic nitrogens is 3. The molecular formula is C20H17N3OS. The minimum Gasteiger partial charge on any atom is -0.480 e. The molecule has 25 heavy (non-hydrogen) atoms. The van der Waals surface area contributed by atoms with Gasteiger partial charge in [-0.2, -0.15) is 9.61 Å². The molecular weight excluding hydrogens is 330 g/mol. The highest BCUT2D eigenvalue weighted by molar-refractivity contribution is 7.99. The number of hydrogen-bond acceptors (Lipinski definition) is 4. The van der Waals surface area contributed by atoms with Crippen molar-refractivity contribution in [1.29, 1.82) is 0 Å². The first-order valence-corrected chi connectivity index (χ1v) is 8.84. The fourth-order valence-electron chi connectivity index (χ4n) is 2.71. The van der Waals surface area contributed by atoms with Crippen molar-refractivity contribution in [2.24, 2.45) is 0 Å². The first-order valence-electron chi connectivity index (χ1n) is 8.03. The van der Waals surface area contributed by atoms with E-state index in [0.29, 0.717) is 12.3 Å². The number of nitrogens with zero attached hydrogens (tertiary/aromatic N) is 3. The molecule has 0 aliphatic rings. The molecule has 4 aromatic rings. The number of rotatable bonds is 5. The molecule has 0 spiro atoms. The summed E-state index contributed by atoms with van der Waals surface area (Å²) in [6.45, 7) is 0. The largest absolute Gasteiger partial charge is 0.480 e. The van der Waals surface area contributed by atoms with Crippen LogP contribution in [0.2, 0.25) is 0 Å². The second-order valence-electron chi connectivity index (χ2n) is 5.59. The van der Waals surface area contributed by atoms with E-state index in [2.05, 4.69) is 24.3 Å². The highest BCUT2D eigenvalue weighted by atomic mass is 32.2. The van der Waals surface area contributed by atoms with Crippen molar-refractivity contribution in [1.82, 2.24) is 14.6 Å². The Labute approximate surface area is 150 Å². The van der Waals surface area contributed by atoms with E-state index in [0.717, 1.165) is 21.3 Å². The molecule has 0 bridgehead atoms. The molecule has 0 radical (unpaired) electrons. The molecule has 0 amide bonds. The van der Waals surface area contributed by atoms with E-state index < -0.39 is 0 Å². The van der Waals surface area contributed by atoms with E-state index >= 15 is 0 Å². The summed E-state index contributed by atoms with van der Waals surface area (Å²) < 4.78 is 7.39. The predicted molar refractivity (Wildman–Crippen MR) is 99.4 cm³/mol. The highest BCUT2D eigenvalue weighted by Crippen LogP contribution is 2.28. The van der Waals surface area contributed by atoms with Gasteiger partial charge < -0.3 is 4.74 Å². The van der Waals surface area contributed by atoms with Crippen LogP contribution in [0.3, 0.4) is 0 Å². The van der Waals surface area contributed by atoms with Gasteiger partial charge in [0.05, 0.1) is 7.11 Å². The smallest absolute Gasteiger partial charge is 0.238 e. The van der Waals surface area contributed by atoms with E-state index in [-0.39, 0.29) is 0 Å². The van der Waals surface area contributed by atoms with Crippen molar-refractivity contribution in [2.45, 2.75) is 16.3 Å². The van der Waals surface area contributed by atoms with Crippen LogP contribution in [-0.4, -0.2) is 21.7 Å². The Morgan fingerprint density at radius 1 is 0.920 bits per heavy atom. The van der Waals surface area contributed by atoms with Crippen LogP contribution < -0.4 is 4.74 Å². The van der Waals surface area contributed by atoms with E-state index in [1.807, 2.05) is 48.5 Å². The number of benzene rings is 2. The molecule has 0 fully saturated rings. The molecule has 2 heterocycles. The van der Waals surface area contributed by atoms with Gasteiger partial charge >= 0.3 is 0 Å². The van der Waals surface area contributed by atoms with Crippen molar-refractivity contribution < 1.29 is 4.74 Å². The minimum absolute atomic E-state index is 0.689. The fraction of sp³-hybridized carbons (Fsp3) is 0.100. The molecule has 5 heteroatoms. The van der Waals surface area contributed by atoms with Crippen LogP contribution >= 0.6 is 11.8 Å². The molecule has 124 valence electrons. The normalized spacial score (nSPS) is 10.9. The van der Waals surface area contributed by atoms with Gasteiger partial charge in [-0.15, -0.1) is 0 Å². The lowest BCUT2D eigenvalue weighted by Crippen LogP contribution is -1.98. The van der Waals surface area contributed by atoms with Gasteiger partial charge in [-0.3, -0.25) is 0 Å². The van der Waals surface area contributed by atoms with Gasteiger partial charge in [0, 0.05) is 11.3 Å². The first kappa shape index (κ1) is 15.7. The monoisotopic (exact) mass is 347 g/mol. The molecule has 2 aromatic carbocycles. The average molecular weight is 347 g/mol. The lowest BCUT2D eigenvalue weighted by molar-refractivity contribution is 0.381. The average Bonchev–Trinajstić information content (AvgIpc) is 2.99. The summed E-state index contributed by atoms with van der Waals surface area (Å²) in [6, 6.07) is 24.4. The summed E-state index contributed by atoms with van der Waals surface area (Å²) in [5, 5.41) is 5.60. The van der Waals surface area contributed by atoms with Crippen LogP contribution in [0.15, 0.2) is 82.7 Å². The topological polar surface area (TPSA) is 39.4 Å². The molecule has 0 unspecified atom stereocenters. The van der Waals surface area contributed by atoms with Gasteiger partial charge in [0.1, 0.15) is 10.7 Å². The van der Waals surface area contributed by atoms with E-state index in [1.54, 1.807) is 23.4 Å². The van der Waals surface area contributed by atoms with Crippen molar-refractivity contribution in [3.8, 4) is 5.88 Å². The number of hydrogen-bond donors (Lipinski definition) is 0. The SMILES string of the molecule is COc1c(Cc2ccccc2)nc2ccc(Sc3ccccc3)nn12. The number of imidazole rings is 1. The Morgan fingerprint density at radius 2 is 1.64 bits per heavy atom. The standard InChI is InChI=1S/C20H17N3OS/c1-24-20-17(14-15-8-4-2-5-9-15)21-18-12-13-19(22-23(18)20)25-16-10-6-3-7-11-16/h2-13H,14H2,1H3. The van der Waals surface area contributed by atoms with Gasteiger partial charge in [-0.05, 0) is 29.8 Å². The highest BCUT2D eigenvalue weighted by Gasteiger charge is 2.15. The summed E-state index contributed by atoms with van der Waals surface area (Å²) in [7, 11) is 1.66. The van der Waals surface area contributed by atoms with Crippen LogP contribution in [0.4, 0.5) is 0 Å². The van der Waals surface area contributed by atoms with Crippen LogP contribution in [0.25, 0.3) is 5.65 Å². The Balaban J connectivity index is 1.69. The third kappa shape index (κ3) is 3.37. The molecule has 0 saturated heterocycles. The van der Waals surface area contributed by atoms with Crippen LogP contribution in [-0.2, 0) is 6.42 Å². The van der Waals surface area contributed by atoms with Crippen molar-refractivity contribution in [3.05, 3.63) is 84.1 Å². The van der Waals surface area contributed by atoms with E-state index in [4.69, 9.17) is 14.8 Å². The zero-order chi connectivity index (χ0) is 17.1. The predicted octanol–water partition coefficient (Wildman–Crippen LogP) is 4.48. The van der Waals surface area contributed by atoms with Gasteiger partial charge in [0.2, 0.25) is 5.88 Å². The summed E-state index contributed by atoms with van der Waals surface area (Å²) in [5.41, 5.74) is 2.88. The van der Waals surface area contributed by atoms with Gasteiger partial charge in [-0.1, -0.05) is 60.3 Å². The molecule has 0 N–H and O–H groups in total. The molecule has 0 saturated carbocycles. The lowest BCUT2D eigenvalue weighted by atomic mass is 10.1.